The smallest absolute Gasteiger partial charge is 0.240 e. The first kappa shape index (κ1) is 14.8. The SMILES string of the molecule is Nc1c(NCc2cccc(Br)c2)cccc1S(N)(=O)=O. The van der Waals surface area contributed by atoms with Crippen molar-refractivity contribution in [1.29, 1.82) is 0 Å². The van der Waals surface area contributed by atoms with E-state index in [1.807, 2.05) is 24.3 Å². The van der Waals surface area contributed by atoms with Gasteiger partial charge in [-0.1, -0.05) is 34.1 Å². The number of benzene rings is 2. The van der Waals surface area contributed by atoms with Gasteiger partial charge in [0.25, 0.3) is 0 Å². The molecule has 0 radical (unpaired) electrons. The summed E-state index contributed by atoms with van der Waals surface area (Å²) in [5.41, 5.74) is 7.54. The molecule has 0 aromatic heterocycles. The molecule has 0 unspecified atom stereocenters. The number of nitrogens with one attached hydrogen (secondary N) is 1. The highest BCUT2D eigenvalue weighted by molar-refractivity contribution is 9.10. The van der Waals surface area contributed by atoms with Crippen molar-refractivity contribution in [3.63, 3.8) is 0 Å². The minimum atomic E-state index is -3.82. The van der Waals surface area contributed by atoms with Gasteiger partial charge in [-0.2, -0.15) is 0 Å². The maximum Gasteiger partial charge on any atom is 0.240 e. The van der Waals surface area contributed by atoms with E-state index < -0.39 is 10.0 Å². The molecule has 0 saturated carbocycles. The van der Waals surface area contributed by atoms with Gasteiger partial charge in [0.2, 0.25) is 10.0 Å². The van der Waals surface area contributed by atoms with Gasteiger partial charge in [0.1, 0.15) is 4.90 Å². The lowest BCUT2D eigenvalue weighted by atomic mass is 10.2. The average Bonchev–Trinajstić information content (AvgIpc) is 2.36. The number of nitrogens with two attached hydrogens (primary N) is 2. The molecular weight excluding hydrogens is 342 g/mol. The highest BCUT2D eigenvalue weighted by Gasteiger charge is 2.14. The quantitative estimate of drug-likeness (QED) is 0.732. The Balaban J connectivity index is 2.23. The van der Waals surface area contributed by atoms with Crippen molar-refractivity contribution >= 4 is 37.3 Å². The van der Waals surface area contributed by atoms with Crippen LogP contribution in [0.15, 0.2) is 51.8 Å². The molecular formula is C13H14BrN3O2S. The molecule has 20 heavy (non-hydrogen) atoms. The van der Waals surface area contributed by atoms with Crippen molar-refractivity contribution in [3.05, 3.63) is 52.5 Å². The van der Waals surface area contributed by atoms with E-state index in [9.17, 15) is 8.42 Å². The summed E-state index contributed by atoms with van der Waals surface area (Å²) >= 11 is 3.39. The van der Waals surface area contributed by atoms with Crippen LogP contribution < -0.4 is 16.2 Å². The lowest BCUT2D eigenvalue weighted by Crippen LogP contribution is -2.15. The number of nitrogen functional groups attached to an aromatic ring is 1. The maximum absolute atomic E-state index is 11.4. The molecule has 0 heterocycles. The number of hydrogen-bond acceptors (Lipinski definition) is 4. The summed E-state index contributed by atoms with van der Waals surface area (Å²) in [5, 5.41) is 8.21. The fraction of sp³-hybridized carbons (Fsp3) is 0.0769. The van der Waals surface area contributed by atoms with Crippen LogP contribution in [0, 0.1) is 0 Å². The van der Waals surface area contributed by atoms with Crippen molar-refractivity contribution < 1.29 is 8.42 Å². The zero-order valence-electron chi connectivity index (χ0n) is 10.5. The second-order valence-corrected chi connectivity index (χ2v) is 6.69. The van der Waals surface area contributed by atoms with Crippen molar-refractivity contribution in [3.8, 4) is 0 Å². The largest absolute Gasteiger partial charge is 0.396 e. The first-order valence-corrected chi connectivity index (χ1v) is 8.11. The van der Waals surface area contributed by atoms with E-state index in [1.54, 1.807) is 12.1 Å². The van der Waals surface area contributed by atoms with E-state index in [0.717, 1.165) is 10.0 Å². The van der Waals surface area contributed by atoms with Gasteiger partial charge in [0.05, 0.1) is 11.4 Å². The monoisotopic (exact) mass is 355 g/mol. The molecule has 0 fully saturated rings. The third kappa shape index (κ3) is 3.50. The van der Waals surface area contributed by atoms with Crippen molar-refractivity contribution in [2.24, 2.45) is 5.14 Å². The number of primary sulfonamides is 1. The van der Waals surface area contributed by atoms with E-state index in [0.29, 0.717) is 12.2 Å². The van der Waals surface area contributed by atoms with Gasteiger partial charge in [-0.15, -0.1) is 0 Å². The molecule has 2 aromatic rings. The third-order valence-electron chi connectivity index (χ3n) is 2.74. The van der Waals surface area contributed by atoms with E-state index in [1.165, 1.54) is 6.07 Å². The predicted octanol–water partition coefficient (Wildman–Crippen LogP) is 2.29. The molecule has 5 nitrogen and oxygen atoms in total. The molecule has 0 spiro atoms. The molecule has 0 aliphatic carbocycles. The van der Waals surface area contributed by atoms with Crippen LogP contribution in [0.1, 0.15) is 5.56 Å². The highest BCUT2D eigenvalue weighted by Crippen LogP contribution is 2.26. The number of anilines is 2. The summed E-state index contributed by atoms with van der Waals surface area (Å²) in [6.45, 7) is 0.526. The Morgan fingerprint density at radius 1 is 1.15 bits per heavy atom. The molecule has 5 N–H and O–H groups in total. The minimum absolute atomic E-state index is 0.0725. The summed E-state index contributed by atoms with van der Waals surface area (Å²) in [7, 11) is -3.82. The van der Waals surface area contributed by atoms with E-state index in [-0.39, 0.29) is 10.6 Å². The van der Waals surface area contributed by atoms with Crippen LogP contribution in [0.2, 0.25) is 0 Å². The zero-order valence-corrected chi connectivity index (χ0v) is 12.9. The number of halogens is 1. The molecule has 0 aliphatic rings. The third-order valence-corrected chi connectivity index (χ3v) is 4.21. The van der Waals surface area contributed by atoms with Crippen LogP contribution in [-0.4, -0.2) is 8.42 Å². The van der Waals surface area contributed by atoms with Crippen LogP contribution in [0.4, 0.5) is 11.4 Å². The summed E-state index contributed by atoms with van der Waals surface area (Å²) in [5.74, 6) is 0. The van der Waals surface area contributed by atoms with Gasteiger partial charge in [0.15, 0.2) is 0 Å². The molecule has 0 saturated heterocycles. The van der Waals surface area contributed by atoms with E-state index >= 15 is 0 Å². The van der Waals surface area contributed by atoms with Crippen molar-refractivity contribution in [1.82, 2.24) is 0 Å². The molecule has 2 rings (SSSR count). The Kier molecular flexibility index (Phi) is 4.32. The summed E-state index contributed by atoms with van der Waals surface area (Å²) < 4.78 is 23.8. The Labute approximate surface area is 126 Å². The van der Waals surface area contributed by atoms with E-state index in [4.69, 9.17) is 10.9 Å². The number of para-hydroxylation sites is 1. The predicted molar refractivity (Wildman–Crippen MR) is 83.7 cm³/mol. The fourth-order valence-electron chi connectivity index (χ4n) is 1.79. The topological polar surface area (TPSA) is 98.2 Å². The molecule has 0 bridgehead atoms. The molecule has 2 aromatic carbocycles. The Hall–Kier alpha value is -1.57. The fourth-order valence-corrected chi connectivity index (χ4v) is 2.92. The summed E-state index contributed by atoms with van der Waals surface area (Å²) in [6.07, 6.45) is 0. The van der Waals surface area contributed by atoms with Crippen LogP contribution in [0.5, 0.6) is 0 Å². The lowest BCUT2D eigenvalue weighted by molar-refractivity contribution is 0.598. The van der Waals surface area contributed by atoms with Crippen LogP contribution in [-0.2, 0) is 16.6 Å². The molecule has 0 amide bonds. The summed E-state index contributed by atoms with van der Waals surface area (Å²) in [4.78, 5) is -0.0725. The number of hydrogen-bond donors (Lipinski definition) is 3. The second kappa shape index (κ2) is 5.82. The Morgan fingerprint density at radius 3 is 2.50 bits per heavy atom. The van der Waals surface area contributed by atoms with Gasteiger partial charge in [-0.25, -0.2) is 13.6 Å². The van der Waals surface area contributed by atoms with Crippen LogP contribution in [0.25, 0.3) is 0 Å². The normalized spacial score (nSPS) is 11.3. The molecule has 0 aliphatic heterocycles. The highest BCUT2D eigenvalue weighted by atomic mass is 79.9. The van der Waals surface area contributed by atoms with Crippen molar-refractivity contribution in [2.75, 3.05) is 11.1 Å². The van der Waals surface area contributed by atoms with Gasteiger partial charge >= 0.3 is 0 Å². The number of rotatable bonds is 4. The van der Waals surface area contributed by atoms with E-state index in [2.05, 4.69) is 21.2 Å². The zero-order chi connectivity index (χ0) is 14.8. The number of sulfonamides is 1. The van der Waals surface area contributed by atoms with Crippen LogP contribution in [0.3, 0.4) is 0 Å². The van der Waals surface area contributed by atoms with Gasteiger partial charge < -0.3 is 11.1 Å². The minimum Gasteiger partial charge on any atom is -0.396 e. The second-order valence-electron chi connectivity index (χ2n) is 4.25. The average molecular weight is 356 g/mol. The van der Waals surface area contributed by atoms with Crippen LogP contribution >= 0.6 is 15.9 Å². The van der Waals surface area contributed by atoms with Gasteiger partial charge in [-0.05, 0) is 29.8 Å². The van der Waals surface area contributed by atoms with Crippen molar-refractivity contribution in [2.45, 2.75) is 11.4 Å². The summed E-state index contributed by atoms with van der Waals surface area (Å²) in [6, 6.07) is 12.5. The molecule has 7 heteroatoms. The van der Waals surface area contributed by atoms with Gasteiger partial charge in [0, 0.05) is 11.0 Å². The maximum atomic E-state index is 11.4. The Morgan fingerprint density at radius 2 is 1.85 bits per heavy atom. The first-order valence-electron chi connectivity index (χ1n) is 5.77. The lowest BCUT2D eigenvalue weighted by Gasteiger charge is -2.12. The standard InChI is InChI=1S/C13H14BrN3O2S/c14-10-4-1-3-9(7-10)8-17-11-5-2-6-12(13(11)15)20(16,18)19/h1-7,17H,8,15H2,(H2,16,18,19). The first-order chi connectivity index (χ1) is 9.38. The molecule has 0 atom stereocenters. The van der Waals surface area contributed by atoms with Gasteiger partial charge in [-0.3, -0.25) is 0 Å². The molecule has 106 valence electrons. The Bertz CT molecular complexity index is 732.